The predicted molar refractivity (Wildman–Crippen MR) is 96.9 cm³/mol. The lowest BCUT2D eigenvalue weighted by atomic mass is 10.0. The minimum absolute atomic E-state index is 0.264. The van der Waals surface area contributed by atoms with Gasteiger partial charge in [0.15, 0.2) is 0 Å². The molecule has 2 aromatic rings. The number of aromatic nitrogens is 3. The fourth-order valence-corrected chi connectivity index (χ4v) is 2.97. The van der Waals surface area contributed by atoms with Gasteiger partial charge in [0.2, 0.25) is 0 Å². The van der Waals surface area contributed by atoms with E-state index in [1.54, 1.807) is 12.3 Å². The summed E-state index contributed by atoms with van der Waals surface area (Å²) >= 11 is 6.67. The Kier molecular flexibility index (Phi) is 5.64. The molecule has 3 rings (SSSR count). The fraction of sp³-hybridized carbons (Fsp3) is 0.400. The van der Waals surface area contributed by atoms with Crippen LogP contribution in [-0.4, -0.2) is 52.3 Å². The van der Waals surface area contributed by atoms with Crippen molar-refractivity contribution in [3.05, 3.63) is 41.5 Å². The second kappa shape index (κ2) is 7.91. The molecular weight excluding hydrogens is 349 g/mol. The van der Waals surface area contributed by atoms with E-state index in [4.69, 9.17) is 17.0 Å². The van der Waals surface area contributed by atoms with Crippen LogP contribution >= 0.6 is 24.0 Å². The van der Waals surface area contributed by atoms with Crippen LogP contribution in [0, 0.1) is 5.82 Å². The zero-order chi connectivity index (χ0) is 16.9. The summed E-state index contributed by atoms with van der Waals surface area (Å²) < 4.78 is 20.6. The molecule has 2 heterocycles. The Balaban J connectivity index is 1.87. The number of ether oxygens (including phenoxy) is 1. The summed E-state index contributed by atoms with van der Waals surface area (Å²) in [6.07, 6.45) is 3.56. The molecule has 1 atom stereocenters. The van der Waals surface area contributed by atoms with E-state index in [0.29, 0.717) is 42.0 Å². The van der Waals surface area contributed by atoms with E-state index < -0.39 is 0 Å². The van der Waals surface area contributed by atoms with Gasteiger partial charge in [-0.05, 0) is 24.0 Å². The SMILES string of the molecule is CSC(=S)NC(c1ccc(N2CCOCC2)c(F)c1)c1c[nH]nn1. The number of thiocarbonyl (C=S) groups is 1. The Morgan fingerprint density at radius 1 is 1.46 bits per heavy atom. The maximum atomic E-state index is 14.7. The van der Waals surface area contributed by atoms with Crippen LogP contribution in [0.1, 0.15) is 17.3 Å². The number of morpholine rings is 1. The summed E-state index contributed by atoms with van der Waals surface area (Å²) in [5.41, 5.74) is 1.99. The molecule has 0 spiro atoms. The third-order valence-electron chi connectivity index (χ3n) is 3.84. The number of halogens is 1. The highest BCUT2D eigenvalue weighted by atomic mass is 32.2. The molecule has 24 heavy (non-hydrogen) atoms. The first-order valence-electron chi connectivity index (χ1n) is 7.52. The van der Waals surface area contributed by atoms with Crippen molar-refractivity contribution in [3.8, 4) is 0 Å². The zero-order valence-corrected chi connectivity index (χ0v) is 14.8. The van der Waals surface area contributed by atoms with E-state index >= 15 is 0 Å². The molecular formula is C15H18FN5OS2. The first-order valence-corrected chi connectivity index (χ1v) is 9.15. The van der Waals surface area contributed by atoms with Gasteiger partial charge < -0.3 is 15.0 Å². The van der Waals surface area contributed by atoms with Crippen molar-refractivity contribution >= 4 is 34.0 Å². The molecule has 0 amide bonds. The Morgan fingerprint density at radius 3 is 2.88 bits per heavy atom. The number of hydrogen-bond donors (Lipinski definition) is 2. The molecule has 6 nitrogen and oxygen atoms in total. The van der Waals surface area contributed by atoms with Crippen LogP contribution < -0.4 is 10.2 Å². The Bertz CT molecular complexity index is 691. The maximum Gasteiger partial charge on any atom is 0.146 e. The Hall–Kier alpha value is -1.71. The van der Waals surface area contributed by atoms with Crippen molar-refractivity contribution in [1.82, 2.24) is 20.7 Å². The molecule has 2 N–H and O–H groups in total. The number of hydrogen-bond acceptors (Lipinski definition) is 6. The van der Waals surface area contributed by atoms with Gasteiger partial charge in [-0.25, -0.2) is 4.39 Å². The molecule has 1 aromatic heterocycles. The first-order chi connectivity index (χ1) is 11.7. The van der Waals surface area contributed by atoms with Gasteiger partial charge >= 0.3 is 0 Å². The van der Waals surface area contributed by atoms with Crippen LogP contribution in [0.3, 0.4) is 0 Å². The number of benzene rings is 1. The quantitative estimate of drug-likeness (QED) is 0.802. The predicted octanol–water partition coefficient (Wildman–Crippen LogP) is 2.11. The standard InChI is InChI=1S/C15H18FN5OS2/c1-24-15(23)18-14(12-9-17-20-19-12)10-2-3-13(11(16)8-10)21-4-6-22-7-5-21/h2-3,8-9,14H,4-7H2,1H3,(H,18,23)(H,17,19,20). The summed E-state index contributed by atoms with van der Waals surface area (Å²) in [7, 11) is 0. The third-order valence-corrected chi connectivity index (χ3v) is 4.94. The molecule has 9 heteroatoms. The second-order valence-electron chi connectivity index (χ2n) is 5.28. The highest BCUT2D eigenvalue weighted by molar-refractivity contribution is 8.22. The van der Waals surface area contributed by atoms with E-state index in [1.165, 1.54) is 17.8 Å². The van der Waals surface area contributed by atoms with E-state index in [-0.39, 0.29) is 11.9 Å². The molecule has 0 saturated carbocycles. The molecule has 1 saturated heterocycles. The molecule has 1 aliphatic heterocycles. The average molecular weight is 367 g/mol. The number of H-pyrrole nitrogens is 1. The molecule has 1 aliphatic rings. The molecule has 0 bridgehead atoms. The number of rotatable bonds is 4. The number of nitrogens with one attached hydrogen (secondary N) is 2. The van der Waals surface area contributed by atoms with Crippen molar-refractivity contribution in [2.24, 2.45) is 0 Å². The van der Waals surface area contributed by atoms with E-state index in [0.717, 1.165) is 5.56 Å². The topological polar surface area (TPSA) is 66.1 Å². The van der Waals surface area contributed by atoms with Gasteiger partial charge in [0.25, 0.3) is 0 Å². The minimum atomic E-state index is -0.350. The van der Waals surface area contributed by atoms with Gasteiger partial charge in [0, 0.05) is 19.3 Å². The first kappa shape index (κ1) is 17.1. The van der Waals surface area contributed by atoms with Gasteiger partial charge in [0.05, 0.1) is 24.9 Å². The lowest BCUT2D eigenvalue weighted by Crippen LogP contribution is -2.36. The number of nitrogens with zero attached hydrogens (tertiary/aromatic N) is 3. The average Bonchev–Trinajstić information content (AvgIpc) is 3.14. The van der Waals surface area contributed by atoms with Gasteiger partial charge in [-0.15, -0.1) is 16.9 Å². The van der Waals surface area contributed by atoms with Crippen molar-refractivity contribution in [1.29, 1.82) is 0 Å². The molecule has 0 aliphatic carbocycles. The van der Waals surface area contributed by atoms with Crippen LogP contribution in [0.2, 0.25) is 0 Å². The minimum Gasteiger partial charge on any atom is -0.378 e. The summed E-state index contributed by atoms with van der Waals surface area (Å²) in [5, 5.41) is 13.6. The zero-order valence-electron chi connectivity index (χ0n) is 13.2. The number of thioether (sulfide) groups is 1. The van der Waals surface area contributed by atoms with Crippen molar-refractivity contribution in [2.45, 2.75) is 6.04 Å². The highest BCUT2D eigenvalue weighted by Gasteiger charge is 2.21. The molecule has 0 radical (unpaired) electrons. The largest absolute Gasteiger partial charge is 0.378 e. The highest BCUT2D eigenvalue weighted by Crippen LogP contribution is 2.27. The summed E-state index contributed by atoms with van der Waals surface area (Å²) in [6.45, 7) is 2.62. The van der Waals surface area contributed by atoms with Crippen molar-refractivity contribution in [2.75, 3.05) is 37.5 Å². The van der Waals surface area contributed by atoms with Crippen LogP contribution in [0.15, 0.2) is 24.4 Å². The van der Waals surface area contributed by atoms with Gasteiger partial charge in [-0.3, -0.25) is 5.10 Å². The molecule has 1 aromatic carbocycles. The van der Waals surface area contributed by atoms with Crippen molar-refractivity contribution < 1.29 is 9.13 Å². The van der Waals surface area contributed by atoms with Gasteiger partial charge in [0.1, 0.15) is 15.8 Å². The monoisotopic (exact) mass is 367 g/mol. The second-order valence-corrected chi connectivity index (χ2v) is 6.76. The van der Waals surface area contributed by atoms with E-state index in [9.17, 15) is 4.39 Å². The maximum absolute atomic E-state index is 14.7. The lowest BCUT2D eigenvalue weighted by Gasteiger charge is -2.29. The van der Waals surface area contributed by atoms with Gasteiger partial charge in [-0.2, -0.15) is 0 Å². The fourth-order valence-electron chi connectivity index (χ4n) is 2.62. The molecule has 128 valence electrons. The summed E-state index contributed by atoms with van der Waals surface area (Å²) in [6, 6.07) is 4.87. The Morgan fingerprint density at radius 2 is 2.25 bits per heavy atom. The van der Waals surface area contributed by atoms with Crippen LogP contribution in [0.25, 0.3) is 0 Å². The lowest BCUT2D eigenvalue weighted by molar-refractivity contribution is 0.122. The third kappa shape index (κ3) is 3.85. The van der Waals surface area contributed by atoms with Gasteiger partial charge in [-0.1, -0.05) is 23.5 Å². The number of anilines is 1. The number of aromatic amines is 1. The van der Waals surface area contributed by atoms with Crippen LogP contribution in [0.5, 0.6) is 0 Å². The van der Waals surface area contributed by atoms with Crippen LogP contribution in [-0.2, 0) is 4.74 Å². The van der Waals surface area contributed by atoms with E-state index in [1.807, 2.05) is 17.2 Å². The summed E-state index contributed by atoms with van der Waals surface area (Å²) in [5.74, 6) is -0.264. The van der Waals surface area contributed by atoms with E-state index in [2.05, 4.69) is 20.7 Å². The van der Waals surface area contributed by atoms with Crippen LogP contribution in [0.4, 0.5) is 10.1 Å². The normalized spacial score (nSPS) is 16.0. The summed E-state index contributed by atoms with van der Waals surface area (Å²) in [4.78, 5) is 1.99. The Labute approximate surface area is 149 Å². The molecule has 1 unspecified atom stereocenters. The smallest absolute Gasteiger partial charge is 0.146 e. The molecule has 1 fully saturated rings. The van der Waals surface area contributed by atoms with Crippen molar-refractivity contribution in [3.63, 3.8) is 0 Å².